The van der Waals surface area contributed by atoms with Gasteiger partial charge in [-0.1, -0.05) is 322 Å². The van der Waals surface area contributed by atoms with Gasteiger partial charge in [0.25, 0.3) is 0 Å². The lowest BCUT2D eigenvalue weighted by molar-refractivity contribution is -0.166. The molecular weight excluding hydrogens is 985 g/mol. The standard InChI is InChI=1S/C74H124O6/c1-4-7-10-13-16-19-22-25-28-30-32-34-36-37-38-40-41-43-46-49-52-55-58-61-64-67-73(76)79-70-71(69-78-72(75)66-63-60-57-54-51-48-45-27-24-21-18-15-12-9-6-3)80-74(77)68-65-62-59-56-53-50-47-44-42-39-35-33-31-29-26-23-20-17-14-11-8-5-2/h7,9-10,12,16,18-19,21,25,27-28,32,34,37-38,45,51,54,60,63,71H,4-6,8,11,13-15,17,20,22-24,26,29-31,33,35-36,39-44,46-50,52-53,55-59,61-62,64-70H2,1-3H3/b10-7-,12-9-,19-16-,21-18-,28-25-,34-32-,38-37-,45-27-,54-51-,63-60-. The number of carbonyl (C=O) groups excluding carboxylic acids is 3. The van der Waals surface area contributed by atoms with E-state index in [9.17, 15) is 14.4 Å². The lowest BCUT2D eigenvalue weighted by Crippen LogP contribution is -2.30. The Morgan fingerprint density at radius 3 is 0.875 bits per heavy atom. The molecule has 0 saturated heterocycles. The average molecular weight is 1110 g/mol. The van der Waals surface area contributed by atoms with E-state index < -0.39 is 12.1 Å². The summed E-state index contributed by atoms with van der Waals surface area (Å²) in [6.07, 6.45) is 93.8. The molecule has 1 unspecified atom stereocenters. The maximum atomic E-state index is 12.9. The van der Waals surface area contributed by atoms with Crippen molar-refractivity contribution >= 4 is 17.9 Å². The topological polar surface area (TPSA) is 78.9 Å². The predicted molar refractivity (Wildman–Crippen MR) is 348 cm³/mol. The Labute approximate surface area is 494 Å². The summed E-state index contributed by atoms with van der Waals surface area (Å²) in [4.78, 5) is 38.3. The summed E-state index contributed by atoms with van der Waals surface area (Å²) in [5.74, 6) is -1.04. The third-order valence-electron chi connectivity index (χ3n) is 14.2. The Bertz CT molecular complexity index is 1650. The third kappa shape index (κ3) is 64.6. The van der Waals surface area contributed by atoms with Crippen LogP contribution in [-0.2, 0) is 28.6 Å². The van der Waals surface area contributed by atoms with Crippen LogP contribution < -0.4 is 0 Å². The summed E-state index contributed by atoms with van der Waals surface area (Å²) in [7, 11) is 0. The second-order valence-electron chi connectivity index (χ2n) is 22.0. The molecule has 0 aromatic carbocycles. The monoisotopic (exact) mass is 1110 g/mol. The van der Waals surface area contributed by atoms with Crippen molar-refractivity contribution in [2.75, 3.05) is 13.2 Å². The number of unbranched alkanes of at least 4 members (excludes halogenated alkanes) is 30. The van der Waals surface area contributed by atoms with Crippen molar-refractivity contribution in [1.29, 1.82) is 0 Å². The molecule has 0 saturated carbocycles. The molecular formula is C74H124O6. The highest BCUT2D eigenvalue weighted by Gasteiger charge is 2.19. The smallest absolute Gasteiger partial charge is 0.309 e. The van der Waals surface area contributed by atoms with Crippen LogP contribution in [0.25, 0.3) is 0 Å². The van der Waals surface area contributed by atoms with Gasteiger partial charge in [-0.05, 0) is 89.9 Å². The van der Waals surface area contributed by atoms with Gasteiger partial charge >= 0.3 is 17.9 Å². The van der Waals surface area contributed by atoms with Gasteiger partial charge in [0.05, 0.1) is 6.42 Å². The molecule has 0 fully saturated rings. The summed E-state index contributed by atoms with van der Waals surface area (Å²) in [6, 6.07) is 0. The molecule has 6 heteroatoms. The van der Waals surface area contributed by atoms with Gasteiger partial charge in [0.1, 0.15) is 13.2 Å². The minimum atomic E-state index is -0.824. The third-order valence-corrected chi connectivity index (χ3v) is 14.2. The minimum absolute atomic E-state index is 0.111. The number of rotatable bonds is 60. The van der Waals surface area contributed by atoms with Crippen molar-refractivity contribution < 1.29 is 28.6 Å². The molecule has 0 aliphatic carbocycles. The Hall–Kier alpha value is -4.19. The van der Waals surface area contributed by atoms with Crippen molar-refractivity contribution in [3.05, 3.63) is 122 Å². The molecule has 80 heavy (non-hydrogen) atoms. The van der Waals surface area contributed by atoms with Crippen LogP contribution >= 0.6 is 0 Å². The maximum absolute atomic E-state index is 12.9. The summed E-state index contributed by atoms with van der Waals surface area (Å²) < 4.78 is 16.8. The molecule has 0 aliphatic rings. The van der Waals surface area contributed by atoms with Crippen LogP contribution in [0.2, 0.25) is 0 Å². The van der Waals surface area contributed by atoms with Crippen LogP contribution in [0.3, 0.4) is 0 Å². The van der Waals surface area contributed by atoms with E-state index >= 15 is 0 Å². The molecule has 0 aromatic heterocycles. The Kier molecular flexibility index (Phi) is 63.8. The van der Waals surface area contributed by atoms with Crippen LogP contribution in [0, 0.1) is 0 Å². The number of carbonyl (C=O) groups is 3. The molecule has 456 valence electrons. The van der Waals surface area contributed by atoms with Gasteiger partial charge in [-0.3, -0.25) is 14.4 Å². The van der Waals surface area contributed by atoms with E-state index in [0.29, 0.717) is 12.8 Å². The van der Waals surface area contributed by atoms with E-state index in [1.54, 1.807) is 6.08 Å². The molecule has 0 spiro atoms. The van der Waals surface area contributed by atoms with E-state index in [2.05, 4.69) is 130 Å². The Morgan fingerprint density at radius 2 is 0.537 bits per heavy atom. The normalized spacial score (nSPS) is 12.9. The second kappa shape index (κ2) is 67.3. The van der Waals surface area contributed by atoms with Crippen LogP contribution in [-0.4, -0.2) is 37.2 Å². The quantitative estimate of drug-likeness (QED) is 0.0261. The molecule has 1 atom stereocenters. The largest absolute Gasteiger partial charge is 0.462 e. The van der Waals surface area contributed by atoms with Crippen molar-refractivity contribution in [3.8, 4) is 0 Å². The average Bonchev–Trinajstić information content (AvgIpc) is 3.46. The van der Waals surface area contributed by atoms with Gasteiger partial charge in [-0.2, -0.15) is 0 Å². The van der Waals surface area contributed by atoms with E-state index in [0.717, 1.165) is 109 Å². The van der Waals surface area contributed by atoms with E-state index in [4.69, 9.17) is 14.2 Å². The Balaban J connectivity index is 4.41. The van der Waals surface area contributed by atoms with Gasteiger partial charge in [0, 0.05) is 12.8 Å². The van der Waals surface area contributed by atoms with Crippen molar-refractivity contribution in [1.82, 2.24) is 0 Å². The van der Waals surface area contributed by atoms with E-state index in [1.165, 1.54) is 161 Å². The molecule has 0 aromatic rings. The molecule has 0 rings (SSSR count). The van der Waals surface area contributed by atoms with Gasteiger partial charge in [-0.25, -0.2) is 0 Å². The van der Waals surface area contributed by atoms with Crippen molar-refractivity contribution in [2.24, 2.45) is 0 Å². The number of hydrogen-bond acceptors (Lipinski definition) is 6. The minimum Gasteiger partial charge on any atom is -0.462 e. The first-order valence-electron chi connectivity index (χ1n) is 33.5. The zero-order valence-electron chi connectivity index (χ0n) is 52.3. The lowest BCUT2D eigenvalue weighted by Gasteiger charge is -2.18. The molecule has 0 amide bonds. The fraction of sp³-hybridized carbons (Fsp3) is 0.689. The zero-order valence-corrected chi connectivity index (χ0v) is 52.3. The summed E-state index contributed by atoms with van der Waals surface area (Å²) in [5.41, 5.74) is 0. The van der Waals surface area contributed by atoms with Gasteiger partial charge in [0.2, 0.25) is 0 Å². The van der Waals surface area contributed by atoms with Crippen molar-refractivity contribution in [2.45, 2.75) is 316 Å². The van der Waals surface area contributed by atoms with Crippen LogP contribution in [0.1, 0.15) is 310 Å². The molecule has 6 nitrogen and oxygen atoms in total. The van der Waals surface area contributed by atoms with Gasteiger partial charge in [0.15, 0.2) is 6.10 Å². The highest BCUT2D eigenvalue weighted by atomic mass is 16.6. The lowest BCUT2D eigenvalue weighted by atomic mass is 10.0. The predicted octanol–water partition coefficient (Wildman–Crippen LogP) is 23.2. The number of esters is 3. The fourth-order valence-corrected chi connectivity index (χ4v) is 9.31. The summed E-state index contributed by atoms with van der Waals surface area (Å²) in [6.45, 7) is 6.35. The first-order chi connectivity index (χ1) is 39.5. The van der Waals surface area contributed by atoms with Crippen LogP contribution in [0.4, 0.5) is 0 Å². The highest BCUT2D eigenvalue weighted by molar-refractivity contribution is 5.72. The van der Waals surface area contributed by atoms with E-state index in [-0.39, 0.29) is 31.6 Å². The van der Waals surface area contributed by atoms with Crippen molar-refractivity contribution in [3.63, 3.8) is 0 Å². The van der Waals surface area contributed by atoms with Gasteiger partial charge in [-0.15, -0.1) is 0 Å². The fourth-order valence-electron chi connectivity index (χ4n) is 9.31. The molecule has 0 N–H and O–H groups in total. The highest BCUT2D eigenvalue weighted by Crippen LogP contribution is 2.17. The van der Waals surface area contributed by atoms with Crippen LogP contribution in [0.15, 0.2) is 122 Å². The molecule has 0 radical (unpaired) electrons. The molecule has 0 bridgehead atoms. The number of allylic oxidation sites excluding steroid dienone is 19. The number of hydrogen-bond donors (Lipinski definition) is 0. The van der Waals surface area contributed by atoms with Gasteiger partial charge < -0.3 is 14.2 Å². The number of ether oxygens (including phenoxy) is 3. The zero-order chi connectivity index (χ0) is 57.8. The summed E-state index contributed by atoms with van der Waals surface area (Å²) in [5, 5.41) is 0. The second-order valence-corrected chi connectivity index (χ2v) is 22.0. The first kappa shape index (κ1) is 75.8. The maximum Gasteiger partial charge on any atom is 0.309 e. The van der Waals surface area contributed by atoms with E-state index in [1.807, 2.05) is 6.08 Å². The SMILES string of the molecule is CC/C=C\C/C=C\C/C=C\C/C=C\C/C=C\CCCCCCCCCCCC(=O)OCC(COC(=O)C/C=C\C/C=C\C/C=C\C/C=C\C/C=C\CC)OC(=O)CCCCCCCCCCCCCCCCCCCCCCCC. The first-order valence-corrected chi connectivity index (χ1v) is 33.5. The molecule has 0 aliphatic heterocycles. The molecule has 0 heterocycles. The Morgan fingerprint density at radius 1 is 0.275 bits per heavy atom. The summed E-state index contributed by atoms with van der Waals surface area (Å²) >= 11 is 0. The van der Waals surface area contributed by atoms with Crippen LogP contribution in [0.5, 0.6) is 0 Å².